The Morgan fingerprint density at radius 1 is 0.850 bits per heavy atom. The number of nitrogens with one attached hydrogen (secondary N) is 3. The van der Waals surface area contributed by atoms with Crippen LogP contribution >= 0.6 is 0 Å². The number of carbonyl (C=O) groups is 2. The lowest BCUT2D eigenvalue weighted by atomic mass is 9.97. The summed E-state index contributed by atoms with van der Waals surface area (Å²) in [4.78, 5) is 24.1. The Morgan fingerprint density at radius 2 is 1.52 bits per heavy atom. The molecule has 3 aromatic rings. The maximum absolute atomic E-state index is 12.2. The summed E-state index contributed by atoms with van der Waals surface area (Å²) < 4.78 is 17.4. The molecule has 0 saturated carbocycles. The third-order valence-electron chi connectivity index (χ3n) is 6.58. The molecule has 0 spiro atoms. The second-order valence-corrected chi connectivity index (χ2v) is 9.96. The van der Waals surface area contributed by atoms with Crippen molar-refractivity contribution in [1.29, 1.82) is 0 Å². The van der Waals surface area contributed by atoms with Crippen LogP contribution in [0.3, 0.4) is 0 Å². The van der Waals surface area contributed by atoms with Crippen LogP contribution in [0.15, 0.2) is 60.7 Å². The van der Waals surface area contributed by atoms with E-state index in [-0.39, 0.29) is 24.9 Å². The Labute approximate surface area is 237 Å². The van der Waals surface area contributed by atoms with Crippen molar-refractivity contribution in [2.24, 2.45) is 5.92 Å². The van der Waals surface area contributed by atoms with E-state index < -0.39 is 0 Å². The average Bonchev–Trinajstić information content (AvgIpc) is 2.96. The van der Waals surface area contributed by atoms with E-state index in [9.17, 15) is 9.59 Å². The van der Waals surface area contributed by atoms with E-state index in [4.69, 9.17) is 14.2 Å². The number of hydrogen-bond donors (Lipinski definition) is 3. The van der Waals surface area contributed by atoms with E-state index in [0.717, 1.165) is 17.5 Å². The highest BCUT2D eigenvalue weighted by Crippen LogP contribution is 2.35. The maximum Gasteiger partial charge on any atom is 0.239 e. The van der Waals surface area contributed by atoms with Gasteiger partial charge in [-0.1, -0.05) is 62.4 Å². The second kappa shape index (κ2) is 15.5. The van der Waals surface area contributed by atoms with Gasteiger partial charge in [0.25, 0.3) is 0 Å². The van der Waals surface area contributed by atoms with Crippen molar-refractivity contribution in [2.45, 2.75) is 40.3 Å². The fourth-order valence-corrected chi connectivity index (χ4v) is 4.25. The first-order chi connectivity index (χ1) is 19.3. The molecule has 0 radical (unpaired) electrons. The van der Waals surface area contributed by atoms with Gasteiger partial charge >= 0.3 is 0 Å². The number of methoxy groups -OCH3 is 2. The fraction of sp³-hybridized carbons (Fsp3) is 0.375. The normalized spacial score (nSPS) is 10.8. The Kier molecular flexibility index (Phi) is 11.8. The molecule has 214 valence electrons. The molecule has 0 aliphatic carbocycles. The maximum atomic E-state index is 12.2. The standard InChI is InChI=1S/C32H41N3O5/c1-22(2)14-15-34-32(37)20-35-31(36)19-33-18-28-29(38-4)16-26(17-30(28)39-5)40-21-25-12-9-13-27(23(25)3)24-10-7-6-8-11-24/h6-13,16-17,22,33H,14-15,18-21H2,1-5H3,(H,34,37)(H,35,36). The van der Waals surface area contributed by atoms with Crippen LogP contribution in [0.1, 0.15) is 37.0 Å². The molecule has 0 heterocycles. The van der Waals surface area contributed by atoms with Gasteiger partial charge in [0.1, 0.15) is 23.9 Å². The van der Waals surface area contributed by atoms with Gasteiger partial charge in [-0.05, 0) is 41.5 Å². The molecule has 2 amide bonds. The van der Waals surface area contributed by atoms with Crippen LogP contribution in [0.5, 0.6) is 17.2 Å². The highest BCUT2D eigenvalue weighted by molar-refractivity contribution is 5.85. The third kappa shape index (κ3) is 9.02. The third-order valence-corrected chi connectivity index (χ3v) is 6.58. The van der Waals surface area contributed by atoms with Crippen molar-refractivity contribution in [3.05, 3.63) is 77.4 Å². The number of hydrogen-bond acceptors (Lipinski definition) is 6. The average molecular weight is 548 g/mol. The zero-order chi connectivity index (χ0) is 28.9. The molecular formula is C32H41N3O5. The Morgan fingerprint density at radius 3 is 2.17 bits per heavy atom. The lowest BCUT2D eigenvalue weighted by Crippen LogP contribution is -2.41. The van der Waals surface area contributed by atoms with Crippen LogP contribution in [0.4, 0.5) is 0 Å². The zero-order valence-corrected chi connectivity index (χ0v) is 24.1. The van der Waals surface area contributed by atoms with Crippen molar-refractivity contribution in [2.75, 3.05) is 33.9 Å². The SMILES string of the molecule is COc1cc(OCc2cccc(-c3ccccc3)c2C)cc(OC)c1CNCC(=O)NCC(=O)NCCC(C)C. The van der Waals surface area contributed by atoms with Gasteiger partial charge in [0.15, 0.2) is 0 Å². The van der Waals surface area contributed by atoms with E-state index in [1.165, 1.54) is 16.7 Å². The van der Waals surface area contributed by atoms with Crippen LogP contribution in [0.25, 0.3) is 11.1 Å². The first-order valence-corrected chi connectivity index (χ1v) is 13.6. The molecule has 3 N–H and O–H groups in total. The highest BCUT2D eigenvalue weighted by atomic mass is 16.5. The van der Waals surface area contributed by atoms with Crippen LogP contribution in [0, 0.1) is 12.8 Å². The monoisotopic (exact) mass is 547 g/mol. The largest absolute Gasteiger partial charge is 0.496 e. The van der Waals surface area contributed by atoms with Crippen molar-refractivity contribution in [3.63, 3.8) is 0 Å². The summed E-state index contributed by atoms with van der Waals surface area (Å²) in [6.07, 6.45) is 0.899. The van der Waals surface area contributed by atoms with E-state index >= 15 is 0 Å². The van der Waals surface area contributed by atoms with Crippen molar-refractivity contribution in [1.82, 2.24) is 16.0 Å². The number of carbonyl (C=O) groups excluding carboxylic acids is 2. The van der Waals surface area contributed by atoms with Gasteiger partial charge in [0.2, 0.25) is 11.8 Å². The molecule has 3 aromatic carbocycles. The summed E-state index contributed by atoms with van der Waals surface area (Å²) >= 11 is 0. The Hall–Kier alpha value is -4.04. The van der Waals surface area contributed by atoms with E-state index in [0.29, 0.717) is 42.9 Å². The van der Waals surface area contributed by atoms with Crippen LogP contribution < -0.4 is 30.2 Å². The number of ether oxygens (including phenoxy) is 3. The molecule has 0 bridgehead atoms. The van der Waals surface area contributed by atoms with Crippen molar-refractivity contribution in [3.8, 4) is 28.4 Å². The van der Waals surface area contributed by atoms with Crippen molar-refractivity contribution < 1.29 is 23.8 Å². The molecular weight excluding hydrogens is 506 g/mol. The molecule has 0 aromatic heterocycles. The summed E-state index contributed by atoms with van der Waals surface area (Å²) in [6, 6.07) is 20.1. The number of amides is 2. The Balaban J connectivity index is 1.57. The first-order valence-electron chi connectivity index (χ1n) is 13.6. The lowest BCUT2D eigenvalue weighted by molar-refractivity contribution is -0.125. The summed E-state index contributed by atoms with van der Waals surface area (Å²) in [5, 5.41) is 8.52. The van der Waals surface area contributed by atoms with E-state index in [2.05, 4.69) is 61.0 Å². The minimum atomic E-state index is -0.273. The lowest BCUT2D eigenvalue weighted by Gasteiger charge is -2.17. The quantitative estimate of drug-likeness (QED) is 0.257. The molecule has 40 heavy (non-hydrogen) atoms. The minimum Gasteiger partial charge on any atom is -0.496 e. The van der Waals surface area contributed by atoms with Crippen molar-refractivity contribution >= 4 is 11.8 Å². The van der Waals surface area contributed by atoms with Crippen LogP contribution in [-0.2, 0) is 22.7 Å². The van der Waals surface area contributed by atoms with Gasteiger partial charge in [-0.25, -0.2) is 0 Å². The molecule has 0 aliphatic heterocycles. The second-order valence-electron chi connectivity index (χ2n) is 9.96. The summed E-state index contributed by atoms with van der Waals surface area (Å²) in [5.41, 5.74) is 5.36. The van der Waals surface area contributed by atoms with Gasteiger partial charge in [0, 0.05) is 25.2 Å². The minimum absolute atomic E-state index is 0.0425. The summed E-state index contributed by atoms with van der Waals surface area (Å²) in [6.45, 7) is 7.61. The van der Waals surface area contributed by atoms with E-state index in [1.54, 1.807) is 14.2 Å². The molecule has 0 unspecified atom stereocenters. The van der Waals surface area contributed by atoms with Crippen LogP contribution in [0.2, 0.25) is 0 Å². The predicted octanol–water partition coefficient (Wildman–Crippen LogP) is 4.63. The van der Waals surface area contributed by atoms with Gasteiger partial charge in [0.05, 0.1) is 32.9 Å². The van der Waals surface area contributed by atoms with E-state index in [1.807, 2.05) is 36.4 Å². The first kappa shape index (κ1) is 30.5. The van der Waals surface area contributed by atoms with Gasteiger partial charge in [-0.3, -0.25) is 9.59 Å². The van der Waals surface area contributed by atoms with Gasteiger partial charge in [-0.15, -0.1) is 0 Å². The topological polar surface area (TPSA) is 97.9 Å². The van der Waals surface area contributed by atoms with Gasteiger partial charge in [-0.2, -0.15) is 0 Å². The number of rotatable bonds is 15. The molecule has 3 rings (SSSR count). The molecule has 8 nitrogen and oxygen atoms in total. The molecule has 0 atom stereocenters. The fourth-order valence-electron chi connectivity index (χ4n) is 4.25. The highest BCUT2D eigenvalue weighted by Gasteiger charge is 2.15. The van der Waals surface area contributed by atoms with Crippen LogP contribution in [-0.4, -0.2) is 45.7 Å². The summed E-state index contributed by atoms with van der Waals surface area (Å²) in [5.74, 6) is 1.82. The summed E-state index contributed by atoms with van der Waals surface area (Å²) in [7, 11) is 3.17. The molecule has 0 aliphatic rings. The molecule has 8 heteroatoms. The van der Waals surface area contributed by atoms with Gasteiger partial charge < -0.3 is 30.2 Å². The molecule has 0 saturated heterocycles. The predicted molar refractivity (Wildman–Crippen MR) is 158 cm³/mol. The zero-order valence-electron chi connectivity index (χ0n) is 24.1. The molecule has 0 fully saturated rings. The smallest absolute Gasteiger partial charge is 0.239 e. The Bertz CT molecular complexity index is 1240. The number of benzene rings is 3.